The van der Waals surface area contributed by atoms with Crippen LogP contribution in [0.25, 0.3) is 0 Å². The normalized spacial score (nSPS) is 10.5. The molecule has 0 radical (unpaired) electrons. The molecule has 0 unspecified atom stereocenters. The van der Waals surface area contributed by atoms with E-state index in [1.807, 2.05) is 36.4 Å². The Kier molecular flexibility index (Phi) is 5.97. The van der Waals surface area contributed by atoms with Crippen LogP contribution in [-0.4, -0.2) is 7.11 Å². The van der Waals surface area contributed by atoms with E-state index in [0.29, 0.717) is 28.6 Å². The van der Waals surface area contributed by atoms with Crippen molar-refractivity contribution in [3.63, 3.8) is 0 Å². The van der Waals surface area contributed by atoms with E-state index >= 15 is 0 Å². The largest absolute Gasteiger partial charge is 0.493 e. The molecule has 0 fully saturated rings. The van der Waals surface area contributed by atoms with Crippen molar-refractivity contribution in [2.75, 3.05) is 7.11 Å². The molecule has 27 heavy (non-hydrogen) atoms. The average molecular weight is 397 g/mol. The molecular formula is C20H16NO4PS. The van der Waals surface area contributed by atoms with Gasteiger partial charge in [-0.15, -0.1) is 0 Å². The van der Waals surface area contributed by atoms with Crippen LogP contribution in [0.3, 0.4) is 0 Å². The van der Waals surface area contributed by atoms with Gasteiger partial charge in [0.05, 0.1) is 18.7 Å². The highest BCUT2D eigenvalue weighted by Crippen LogP contribution is 2.51. The molecule has 7 heteroatoms. The highest BCUT2D eigenvalue weighted by atomic mass is 32.5. The molecule has 0 heterocycles. The minimum absolute atomic E-state index is 0.340. The van der Waals surface area contributed by atoms with E-state index in [2.05, 4.69) is 6.07 Å². The van der Waals surface area contributed by atoms with Crippen molar-refractivity contribution in [1.82, 2.24) is 0 Å². The maximum absolute atomic E-state index is 9.06. The molecule has 0 saturated heterocycles. The van der Waals surface area contributed by atoms with Gasteiger partial charge < -0.3 is 18.3 Å². The predicted molar refractivity (Wildman–Crippen MR) is 107 cm³/mol. The fourth-order valence-corrected chi connectivity index (χ4v) is 4.23. The first kappa shape index (κ1) is 18.8. The molecule has 3 aromatic carbocycles. The highest BCUT2D eigenvalue weighted by Gasteiger charge is 2.28. The van der Waals surface area contributed by atoms with Crippen LogP contribution in [0.2, 0.25) is 0 Å². The first-order valence-electron chi connectivity index (χ1n) is 7.99. The van der Waals surface area contributed by atoms with Crippen LogP contribution in [0, 0.1) is 11.3 Å². The summed E-state index contributed by atoms with van der Waals surface area (Å²) in [7, 11) is 1.49. The van der Waals surface area contributed by atoms with E-state index in [1.165, 1.54) is 7.11 Å². The van der Waals surface area contributed by atoms with Crippen molar-refractivity contribution in [1.29, 1.82) is 5.26 Å². The molecule has 0 N–H and O–H groups in total. The van der Waals surface area contributed by atoms with E-state index in [4.69, 9.17) is 35.4 Å². The average Bonchev–Trinajstić information content (AvgIpc) is 2.69. The number of para-hydroxylation sites is 2. The third-order valence-corrected chi connectivity index (χ3v) is 5.38. The number of benzene rings is 3. The lowest BCUT2D eigenvalue weighted by Crippen LogP contribution is -2.08. The summed E-state index contributed by atoms with van der Waals surface area (Å²) in [4.78, 5) is 0. The standard InChI is InChI=1S/C20H16NO4PS/c1-22-20-14-16(15-21)12-13-19(20)25-26(27,23-17-8-4-2-5-9-17)24-18-10-6-3-7-11-18/h2-14H,1H3. The molecule has 0 aliphatic carbocycles. The molecule has 0 spiro atoms. The molecule has 0 saturated carbocycles. The van der Waals surface area contributed by atoms with Gasteiger partial charge in [-0.25, -0.2) is 0 Å². The van der Waals surface area contributed by atoms with Gasteiger partial charge in [0, 0.05) is 17.9 Å². The molecular weight excluding hydrogens is 381 g/mol. The van der Waals surface area contributed by atoms with Crippen molar-refractivity contribution in [2.45, 2.75) is 0 Å². The van der Waals surface area contributed by atoms with Crippen molar-refractivity contribution in [3.05, 3.63) is 84.4 Å². The quantitative estimate of drug-likeness (QED) is 0.503. The second-order valence-electron chi connectivity index (χ2n) is 5.32. The van der Waals surface area contributed by atoms with Gasteiger partial charge in [0.25, 0.3) is 0 Å². The SMILES string of the molecule is COc1cc(C#N)ccc1OP(=S)(Oc1ccccc1)Oc1ccccc1. The van der Waals surface area contributed by atoms with Crippen LogP contribution in [0.1, 0.15) is 5.56 Å². The molecule has 3 aromatic rings. The molecule has 136 valence electrons. The predicted octanol–water partition coefficient (Wildman–Crippen LogP) is 5.33. The van der Waals surface area contributed by atoms with Crippen LogP contribution < -0.4 is 18.3 Å². The Morgan fingerprint density at radius 2 is 1.33 bits per heavy atom. The lowest BCUT2D eigenvalue weighted by atomic mass is 10.2. The van der Waals surface area contributed by atoms with E-state index in [0.717, 1.165) is 0 Å². The molecule has 0 atom stereocenters. The van der Waals surface area contributed by atoms with Gasteiger partial charge in [-0.1, -0.05) is 36.4 Å². The van der Waals surface area contributed by atoms with Crippen LogP contribution in [0.5, 0.6) is 23.0 Å². The fraction of sp³-hybridized carbons (Fsp3) is 0.0500. The number of ether oxygens (including phenoxy) is 1. The fourth-order valence-electron chi connectivity index (χ4n) is 2.21. The summed E-state index contributed by atoms with van der Waals surface area (Å²) in [6.07, 6.45) is 0. The topological polar surface area (TPSA) is 60.7 Å². The summed E-state index contributed by atoms with van der Waals surface area (Å²) in [6, 6.07) is 25.0. The molecule has 3 rings (SSSR count). The number of rotatable bonds is 7. The second-order valence-corrected chi connectivity index (χ2v) is 8.11. The molecule has 0 aliphatic heterocycles. The summed E-state index contributed by atoms with van der Waals surface area (Å²) in [5, 5.41) is 9.06. The van der Waals surface area contributed by atoms with Gasteiger partial charge in [-0.2, -0.15) is 5.26 Å². The maximum Gasteiger partial charge on any atom is 0.490 e. The van der Waals surface area contributed by atoms with Crippen LogP contribution in [0.4, 0.5) is 0 Å². The van der Waals surface area contributed by atoms with Gasteiger partial charge in [0.1, 0.15) is 11.5 Å². The minimum Gasteiger partial charge on any atom is -0.493 e. The Morgan fingerprint density at radius 3 is 1.81 bits per heavy atom. The lowest BCUT2D eigenvalue weighted by molar-refractivity contribution is 0.358. The second kappa shape index (κ2) is 8.59. The zero-order valence-electron chi connectivity index (χ0n) is 14.4. The summed E-state index contributed by atoms with van der Waals surface area (Å²) in [6.45, 7) is -3.28. The lowest BCUT2D eigenvalue weighted by Gasteiger charge is -2.24. The van der Waals surface area contributed by atoms with E-state index in [9.17, 15) is 0 Å². The van der Waals surface area contributed by atoms with Crippen molar-refractivity contribution < 1.29 is 18.3 Å². The number of nitrogens with zero attached hydrogens (tertiary/aromatic N) is 1. The van der Waals surface area contributed by atoms with E-state index in [-0.39, 0.29) is 0 Å². The third kappa shape index (κ3) is 5.01. The molecule has 0 bridgehead atoms. The van der Waals surface area contributed by atoms with Crippen LogP contribution in [0.15, 0.2) is 78.9 Å². The van der Waals surface area contributed by atoms with Gasteiger partial charge >= 0.3 is 6.72 Å². The summed E-state index contributed by atoms with van der Waals surface area (Å²) in [5.41, 5.74) is 0.445. The maximum atomic E-state index is 9.06. The van der Waals surface area contributed by atoms with Crippen LogP contribution in [-0.2, 0) is 11.8 Å². The number of nitriles is 1. The van der Waals surface area contributed by atoms with Crippen LogP contribution >= 0.6 is 6.72 Å². The van der Waals surface area contributed by atoms with E-state index in [1.54, 1.807) is 42.5 Å². The Morgan fingerprint density at radius 1 is 0.778 bits per heavy atom. The highest BCUT2D eigenvalue weighted by molar-refractivity contribution is 8.08. The van der Waals surface area contributed by atoms with Gasteiger partial charge in [0.15, 0.2) is 11.5 Å². The molecule has 0 amide bonds. The van der Waals surface area contributed by atoms with Crippen molar-refractivity contribution in [3.8, 4) is 29.1 Å². The summed E-state index contributed by atoms with van der Waals surface area (Å²) < 4.78 is 23.2. The number of methoxy groups -OCH3 is 1. The molecule has 0 aromatic heterocycles. The monoisotopic (exact) mass is 397 g/mol. The minimum atomic E-state index is -3.28. The Balaban J connectivity index is 1.94. The zero-order chi connectivity index (χ0) is 19.1. The first-order valence-corrected chi connectivity index (χ1v) is 10.5. The van der Waals surface area contributed by atoms with Gasteiger partial charge in [0.2, 0.25) is 0 Å². The van der Waals surface area contributed by atoms with Crippen molar-refractivity contribution >= 4 is 18.5 Å². The summed E-state index contributed by atoms with van der Waals surface area (Å²) >= 11 is 5.64. The molecule has 0 aliphatic rings. The first-order chi connectivity index (χ1) is 13.1. The Labute approximate surface area is 163 Å². The number of hydrogen-bond donors (Lipinski definition) is 0. The van der Waals surface area contributed by atoms with Gasteiger partial charge in [-0.3, -0.25) is 0 Å². The molecule has 5 nitrogen and oxygen atoms in total. The van der Waals surface area contributed by atoms with Gasteiger partial charge in [-0.05, 0) is 36.4 Å². The Hall–Kier alpha value is -3.00. The number of hydrogen-bond acceptors (Lipinski definition) is 6. The smallest absolute Gasteiger partial charge is 0.490 e. The third-order valence-electron chi connectivity index (χ3n) is 3.42. The summed E-state index contributed by atoms with van der Waals surface area (Å²) in [5.74, 6) is 1.78. The van der Waals surface area contributed by atoms with Crippen molar-refractivity contribution in [2.24, 2.45) is 0 Å². The van der Waals surface area contributed by atoms with E-state index < -0.39 is 6.72 Å². The zero-order valence-corrected chi connectivity index (χ0v) is 16.2. The Bertz CT molecular complexity index is 944.